The molecule has 0 fully saturated rings. The third-order valence-electron chi connectivity index (χ3n) is 13.4. The van der Waals surface area contributed by atoms with E-state index >= 15 is 0 Å². The Bertz CT molecular complexity index is 3900. The van der Waals surface area contributed by atoms with Crippen molar-refractivity contribution in [1.82, 2.24) is 4.57 Å². The number of para-hydroxylation sites is 2. The van der Waals surface area contributed by atoms with E-state index in [2.05, 4.69) is 264 Å². The van der Waals surface area contributed by atoms with Crippen LogP contribution < -0.4 is 4.90 Å². The summed E-state index contributed by atoms with van der Waals surface area (Å²) in [5, 5.41) is 7.62. The Morgan fingerprint density at radius 1 is 0.299 bits per heavy atom. The number of benzene rings is 11. The van der Waals surface area contributed by atoms with Crippen LogP contribution in [-0.4, -0.2) is 4.57 Å². The van der Waals surface area contributed by atoms with Crippen LogP contribution in [0, 0.1) is 0 Å². The molecular formula is C64H42N2S. The van der Waals surface area contributed by atoms with Crippen molar-refractivity contribution in [2.75, 3.05) is 4.90 Å². The molecule has 0 spiro atoms. The van der Waals surface area contributed by atoms with Crippen LogP contribution in [-0.2, 0) is 0 Å². The minimum absolute atomic E-state index is 1.09. The van der Waals surface area contributed by atoms with Gasteiger partial charge in [-0.05, 0) is 122 Å². The van der Waals surface area contributed by atoms with Crippen LogP contribution >= 0.6 is 11.3 Å². The van der Waals surface area contributed by atoms with Crippen LogP contribution in [0.3, 0.4) is 0 Å². The summed E-state index contributed by atoms with van der Waals surface area (Å²) in [6.45, 7) is 0. The van der Waals surface area contributed by atoms with Gasteiger partial charge in [-0.15, -0.1) is 11.3 Å². The summed E-state index contributed by atoms with van der Waals surface area (Å²) in [6.07, 6.45) is 0. The molecule has 0 radical (unpaired) electrons. The second-order valence-corrected chi connectivity index (χ2v) is 18.3. The van der Waals surface area contributed by atoms with Crippen molar-refractivity contribution >= 4 is 81.1 Å². The molecule has 0 bridgehead atoms. The molecule has 0 amide bonds. The smallest absolute Gasteiger partial charge is 0.0541 e. The van der Waals surface area contributed by atoms with Gasteiger partial charge in [-0.2, -0.15) is 0 Å². The lowest BCUT2D eigenvalue weighted by Crippen LogP contribution is -2.09. The molecule has 2 heterocycles. The van der Waals surface area contributed by atoms with Gasteiger partial charge in [-0.1, -0.05) is 188 Å². The van der Waals surface area contributed by atoms with Gasteiger partial charge in [0, 0.05) is 53.7 Å². The quantitative estimate of drug-likeness (QED) is 0.148. The van der Waals surface area contributed by atoms with Crippen molar-refractivity contribution in [3.63, 3.8) is 0 Å². The number of thiophene rings is 1. The summed E-state index contributed by atoms with van der Waals surface area (Å²) < 4.78 is 4.95. The number of nitrogens with zero attached hydrogens (tertiary/aromatic N) is 2. The SMILES string of the molecule is c1ccc(-c2cccc3cccc(-c4ccc(N(c5ccc(-c6cccc(-n7c8ccccc8c8ccccc87)c6)cc5)c5ccc6c(c5)sc5cccc(-c7ccccc7)c56)cc4)c23)cc1. The molecule has 0 saturated carbocycles. The first-order valence-corrected chi connectivity index (χ1v) is 23.7. The molecule has 0 aliphatic carbocycles. The molecule has 13 aromatic rings. The maximum Gasteiger partial charge on any atom is 0.0541 e. The largest absolute Gasteiger partial charge is 0.310 e. The topological polar surface area (TPSA) is 8.17 Å². The van der Waals surface area contributed by atoms with E-state index in [-0.39, 0.29) is 0 Å². The molecule has 11 aromatic carbocycles. The van der Waals surface area contributed by atoms with E-state index in [1.165, 1.54) is 97.3 Å². The van der Waals surface area contributed by atoms with Crippen molar-refractivity contribution in [2.24, 2.45) is 0 Å². The van der Waals surface area contributed by atoms with Crippen molar-refractivity contribution in [3.8, 4) is 50.2 Å². The predicted octanol–water partition coefficient (Wildman–Crippen LogP) is 18.4. The first-order valence-electron chi connectivity index (χ1n) is 22.9. The Morgan fingerprint density at radius 3 is 1.42 bits per heavy atom. The summed E-state index contributed by atoms with van der Waals surface area (Å²) >= 11 is 1.87. The van der Waals surface area contributed by atoms with Gasteiger partial charge in [0.25, 0.3) is 0 Å². The average molecular weight is 871 g/mol. The average Bonchev–Trinajstić information content (AvgIpc) is 3.95. The molecule has 0 unspecified atom stereocenters. The Morgan fingerprint density at radius 2 is 0.791 bits per heavy atom. The van der Waals surface area contributed by atoms with Crippen LogP contribution in [0.15, 0.2) is 255 Å². The van der Waals surface area contributed by atoms with Crippen molar-refractivity contribution in [3.05, 3.63) is 255 Å². The second kappa shape index (κ2) is 16.2. The molecule has 0 aliphatic heterocycles. The molecule has 314 valence electrons. The zero-order chi connectivity index (χ0) is 44.3. The maximum atomic E-state index is 2.41. The Hall–Kier alpha value is -8.50. The fraction of sp³-hybridized carbons (Fsp3) is 0. The van der Waals surface area contributed by atoms with E-state index in [0.29, 0.717) is 0 Å². The fourth-order valence-corrected chi connectivity index (χ4v) is 11.5. The molecule has 0 atom stereocenters. The summed E-state index contributed by atoms with van der Waals surface area (Å²) in [5.74, 6) is 0. The van der Waals surface area contributed by atoms with Gasteiger partial charge in [0.15, 0.2) is 0 Å². The van der Waals surface area contributed by atoms with Gasteiger partial charge < -0.3 is 9.47 Å². The number of fused-ring (bicyclic) bond motifs is 7. The number of rotatable bonds is 8. The minimum atomic E-state index is 1.09. The van der Waals surface area contributed by atoms with E-state index in [1.54, 1.807) is 0 Å². The lowest BCUT2D eigenvalue weighted by molar-refractivity contribution is 1.18. The van der Waals surface area contributed by atoms with E-state index in [0.717, 1.165) is 22.7 Å². The van der Waals surface area contributed by atoms with E-state index < -0.39 is 0 Å². The summed E-state index contributed by atoms with van der Waals surface area (Å²) in [4.78, 5) is 2.41. The van der Waals surface area contributed by atoms with Crippen LogP contribution in [0.25, 0.3) is 103 Å². The normalized spacial score (nSPS) is 11.6. The highest BCUT2D eigenvalue weighted by molar-refractivity contribution is 7.26. The lowest BCUT2D eigenvalue weighted by atomic mass is 9.91. The third kappa shape index (κ3) is 6.71. The monoisotopic (exact) mass is 870 g/mol. The molecular weight excluding hydrogens is 829 g/mol. The summed E-state index contributed by atoms with van der Waals surface area (Å²) in [6, 6.07) is 93.1. The summed E-state index contributed by atoms with van der Waals surface area (Å²) in [5.41, 5.74) is 16.6. The molecule has 0 saturated heterocycles. The van der Waals surface area contributed by atoms with Gasteiger partial charge >= 0.3 is 0 Å². The number of hydrogen-bond donors (Lipinski definition) is 0. The predicted molar refractivity (Wildman–Crippen MR) is 288 cm³/mol. The highest BCUT2D eigenvalue weighted by Crippen LogP contribution is 2.45. The number of aromatic nitrogens is 1. The molecule has 13 rings (SSSR count). The maximum absolute atomic E-state index is 2.41. The van der Waals surface area contributed by atoms with Crippen molar-refractivity contribution < 1.29 is 0 Å². The first kappa shape index (κ1) is 38.9. The Kier molecular flexibility index (Phi) is 9.40. The first-order chi connectivity index (χ1) is 33.2. The second-order valence-electron chi connectivity index (χ2n) is 17.3. The molecule has 0 aliphatic rings. The zero-order valence-corrected chi connectivity index (χ0v) is 37.4. The van der Waals surface area contributed by atoms with Crippen molar-refractivity contribution in [2.45, 2.75) is 0 Å². The van der Waals surface area contributed by atoms with Crippen LogP contribution in [0.1, 0.15) is 0 Å². The fourth-order valence-electron chi connectivity index (χ4n) is 10.3. The summed E-state index contributed by atoms with van der Waals surface area (Å²) in [7, 11) is 0. The molecule has 0 N–H and O–H groups in total. The zero-order valence-electron chi connectivity index (χ0n) is 36.6. The van der Waals surface area contributed by atoms with Gasteiger partial charge in [-0.25, -0.2) is 0 Å². The third-order valence-corrected chi connectivity index (χ3v) is 14.5. The number of anilines is 3. The highest BCUT2D eigenvalue weighted by atomic mass is 32.1. The van der Waals surface area contributed by atoms with E-state index in [1.807, 2.05) is 11.3 Å². The van der Waals surface area contributed by atoms with E-state index in [9.17, 15) is 0 Å². The van der Waals surface area contributed by atoms with Gasteiger partial charge in [-0.3, -0.25) is 0 Å². The molecule has 2 nitrogen and oxygen atoms in total. The van der Waals surface area contributed by atoms with Crippen molar-refractivity contribution in [1.29, 1.82) is 0 Å². The Balaban J connectivity index is 0.924. The molecule has 67 heavy (non-hydrogen) atoms. The minimum Gasteiger partial charge on any atom is -0.310 e. The molecule has 3 heteroatoms. The van der Waals surface area contributed by atoms with Gasteiger partial charge in [0.05, 0.1) is 11.0 Å². The highest BCUT2D eigenvalue weighted by Gasteiger charge is 2.19. The van der Waals surface area contributed by atoms with Crippen LogP contribution in [0.4, 0.5) is 17.1 Å². The van der Waals surface area contributed by atoms with Crippen LogP contribution in [0.2, 0.25) is 0 Å². The standard InChI is InChI=1S/C64H42N2S/c1-3-15-44(16-4-1)53-25-12-19-47-20-13-26-54(63(47)53)46-33-37-50(38-34-46)65(52-39-40-58-62(42-52)67-61-30-14-27-55(64(58)61)45-17-5-2-6-18-45)49-35-31-43(32-36-49)48-21-11-22-51(41-48)66-59-28-9-7-23-56(59)57-24-8-10-29-60(57)66/h1-42H. The Labute approximate surface area is 393 Å². The van der Waals surface area contributed by atoms with Gasteiger partial charge in [0.2, 0.25) is 0 Å². The van der Waals surface area contributed by atoms with Gasteiger partial charge in [0.1, 0.15) is 0 Å². The lowest BCUT2D eigenvalue weighted by Gasteiger charge is -2.26. The number of hydrogen-bond acceptors (Lipinski definition) is 2. The van der Waals surface area contributed by atoms with E-state index in [4.69, 9.17) is 0 Å². The molecule has 2 aromatic heterocycles. The van der Waals surface area contributed by atoms with Crippen LogP contribution in [0.5, 0.6) is 0 Å².